The number of aromatic hydroxyl groups is 1. The van der Waals surface area contributed by atoms with E-state index < -0.39 is 0 Å². The number of hydrogen-bond donors (Lipinski definition) is 3. The molecule has 0 atom stereocenters. The third-order valence-corrected chi connectivity index (χ3v) is 2.88. The highest BCUT2D eigenvalue weighted by atomic mass is 35.5. The Balaban J connectivity index is 1.88. The molecule has 0 bridgehead atoms. The maximum atomic E-state index is 9.55. The quantitative estimate of drug-likeness (QED) is 0.760. The average molecular weight is 294 g/mol. The molecule has 4 nitrogen and oxygen atoms in total. The first kappa shape index (κ1) is 13.6. The van der Waals surface area contributed by atoms with Crippen LogP contribution in [-0.4, -0.2) is 15.2 Å². The van der Waals surface area contributed by atoms with E-state index in [1.54, 1.807) is 12.3 Å². The van der Waals surface area contributed by atoms with Gasteiger partial charge in [-0.2, -0.15) is 0 Å². The molecule has 0 radical (unpaired) electrons. The van der Waals surface area contributed by atoms with E-state index in [4.69, 9.17) is 23.8 Å². The molecule has 0 aliphatic carbocycles. The van der Waals surface area contributed by atoms with Crippen molar-refractivity contribution < 1.29 is 5.11 Å². The molecule has 0 saturated carbocycles. The Morgan fingerprint density at radius 2 is 2.00 bits per heavy atom. The van der Waals surface area contributed by atoms with Crippen molar-refractivity contribution in [3.8, 4) is 5.75 Å². The van der Waals surface area contributed by atoms with Gasteiger partial charge < -0.3 is 15.7 Å². The van der Waals surface area contributed by atoms with Gasteiger partial charge in [0.1, 0.15) is 0 Å². The first-order valence-corrected chi connectivity index (χ1v) is 6.37. The van der Waals surface area contributed by atoms with Crippen molar-refractivity contribution in [2.75, 3.05) is 5.32 Å². The molecule has 0 unspecified atom stereocenters. The lowest BCUT2D eigenvalue weighted by Gasteiger charge is -2.10. The lowest BCUT2D eigenvalue weighted by Crippen LogP contribution is -2.28. The summed E-state index contributed by atoms with van der Waals surface area (Å²) in [5.41, 5.74) is 1.05. The van der Waals surface area contributed by atoms with Gasteiger partial charge in [0.2, 0.25) is 0 Å². The van der Waals surface area contributed by atoms with E-state index in [0.717, 1.165) is 5.56 Å². The van der Waals surface area contributed by atoms with Crippen LogP contribution in [0.4, 0.5) is 5.82 Å². The van der Waals surface area contributed by atoms with E-state index in [1.807, 2.05) is 24.3 Å². The number of hydrogen-bond acceptors (Lipinski definition) is 3. The molecule has 1 aromatic carbocycles. The Bertz CT molecular complexity index is 574. The summed E-state index contributed by atoms with van der Waals surface area (Å²) in [5, 5.41) is 16.5. The Labute approximate surface area is 121 Å². The lowest BCUT2D eigenvalue weighted by atomic mass is 10.2. The molecule has 2 rings (SSSR count). The molecule has 0 aliphatic rings. The molecule has 3 N–H and O–H groups in total. The third-order valence-electron chi connectivity index (χ3n) is 2.38. The Hall–Kier alpha value is -1.85. The number of thiocarbonyl (C=S) groups is 1. The Kier molecular flexibility index (Phi) is 4.54. The summed E-state index contributed by atoms with van der Waals surface area (Å²) < 4.78 is 0. The summed E-state index contributed by atoms with van der Waals surface area (Å²) in [4.78, 5) is 3.98. The largest absolute Gasteiger partial charge is 0.504 e. The van der Waals surface area contributed by atoms with E-state index in [9.17, 15) is 5.11 Å². The second-order valence-electron chi connectivity index (χ2n) is 3.81. The summed E-state index contributed by atoms with van der Waals surface area (Å²) in [6, 6.07) is 10.6. The number of halogens is 1. The van der Waals surface area contributed by atoms with Crippen molar-refractivity contribution >= 4 is 34.7 Å². The van der Waals surface area contributed by atoms with Crippen molar-refractivity contribution in [1.29, 1.82) is 0 Å². The van der Waals surface area contributed by atoms with E-state index in [0.29, 0.717) is 22.5 Å². The van der Waals surface area contributed by atoms with E-state index in [1.165, 1.54) is 6.07 Å². The minimum absolute atomic E-state index is 0.0538. The van der Waals surface area contributed by atoms with Crippen LogP contribution in [0.25, 0.3) is 0 Å². The maximum absolute atomic E-state index is 9.55. The van der Waals surface area contributed by atoms with Crippen LogP contribution in [0.3, 0.4) is 0 Å². The van der Waals surface area contributed by atoms with E-state index >= 15 is 0 Å². The summed E-state index contributed by atoms with van der Waals surface area (Å²) in [6.07, 6.45) is 1.57. The fraction of sp³-hybridized carbons (Fsp3) is 0.0769. The van der Waals surface area contributed by atoms with Crippen molar-refractivity contribution in [2.24, 2.45) is 0 Å². The summed E-state index contributed by atoms with van der Waals surface area (Å²) in [6.45, 7) is 0.566. The van der Waals surface area contributed by atoms with Gasteiger partial charge in [0.15, 0.2) is 16.7 Å². The third kappa shape index (κ3) is 4.08. The molecule has 1 heterocycles. The predicted octanol–water partition coefficient (Wildman–Crippen LogP) is 2.93. The zero-order valence-corrected chi connectivity index (χ0v) is 11.5. The number of rotatable bonds is 3. The normalized spacial score (nSPS) is 9.95. The number of anilines is 1. The van der Waals surface area contributed by atoms with Crippen LogP contribution in [0.5, 0.6) is 5.75 Å². The van der Waals surface area contributed by atoms with Crippen LogP contribution in [0.15, 0.2) is 42.6 Å². The van der Waals surface area contributed by atoms with Gasteiger partial charge in [0, 0.05) is 17.8 Å². The van der Waals surface area contributed by atoms with Gasteiger partial charge in [0.05, 0.1) is 0 Å². The first-order valence-electron chi connectivity index (χ1n) is 5.58. The summed E-state index contributed by atoms with van der Waals surface area (Å²) in [5.74, 6) is 0.384. The highest BCUT2D eigenvalue weighted by Gasteiger charge is 2.03. The fourth-order valence-corrected chi connectivity index (χ4v) is 1.72. The molecule has 19 heavy (non-hydrogen) atoms. The molecule has 1 aromatic heterocycles. The minimum atomic E-state index is 0.0538. The summed E-state index contributed by atoms with van der Waals surface area (Å²) >= 11 is 10.9. The van der Waals surface area contributed by atoms with Crippen LogP contribution in [0, 0.1) is 0 Å². The molecule has 0 aliphatic heterocycles. The SMILES string of the molecule is Oc1cccnc1NC(=S)NCc1ccc(Cl)cc1. The van der Waals surface area contributed by atoms with Gasteiger partial charge >= 0.3 is 0 Å². The van der Waals surface area contributed by atoms with Crippen LogP contribution in [-0.2, 0) is 6.54 Å². The second-order valence-corrected chi connectivity index (χ2v) is 4.65. The van der Waals surface area contributed by atoms with Gasteiger partial charge in [-0.15, -0.1) is 0 Å². The fourth-order valence-electron chi connectivity index (χ4n) is 1.43. The van der Waals surface area contributed by atoms with Crippen LogP contribution in [0.1, 0.15) is 5.56 Å². The lowest BCUT2D eigenvalue weighted by molar-refractivity contribution is 0.475. The molecule has 0 amide bonds. The number of nitrogens with zero attached hydrogens (tertiary/aromatic N) is 1. The second kappa shape index (κ2) is 6.36. The zero-order chi connectivity index (χ0) is 13.7. The molecule has 6 heteroatoms. The van der Waals surface area contributed by atoms with Gasteiger partial charge in [-0.05, 0) is 42.0 Å². The maximum Gasteiger partial charge on any atom is 0.174 e. The molecule has 98 valence electrons. The van der Waals surface area contributed by atoms with Crippen LogP contribution >= 0.6 is 23.8 Å². The molecule has 0 spiro atoms. The van der Waals surface area contributed by atoms with Crippen LogP contribution in [0.2, 0.25) is 5.02 Å². The van der Waals surface area contributed by atoms with E-state index in [-0.39, 0.29) is 5.75 Å². The topological polar surface area (TPSA) is 57.2 Å². The van der Waals surface area contributed by atoms with Gasteiger partial charge in [-0.1, -0.05) is 23.7 Å². The number of nitrogens with one attached hydrogen (secondary N) is 2. The number of benzene rings is 1. The molecule has 0 fully saturated rings. The van der Waals surface area contributed by atoms with Crippen LogP contribution < -0.4 is 10.6 Å². The molecule has 0 saturated heterocycles. The van der Waals surface area contributed by atoms with Gasteiger partial charge in [0.25, 0.3) is 0 Å². The molecule has 2 aromatic rings. The first-order chi connectivity index (χ1) is 9.15. The summed E-state index contributed by atoms with van der Waals surface area (Å²) in [7, 11) is 0. The van der Waals surface area contributed by atoms with Crippen molar-refractivity contribution in [1.82, 2.24) is 10.3 Å². The number of aromatic nitrogens is 1. The van der Waals surface area contributed by atoms with Crippen molar-refractivity contribution in [2.45, 2.75) is 6.54 Å². The molecular weight excluding hydrogens is 282 g/mol. The zero-order valence-electron chi connectivity index (χ0n) is 9.93. The number of pyridine rings is 1. The Morgan fingerprint density at radius 3 is 2.68 bits per heavy atom. The van der Waals surface area contributed by atoms with Gasteiger partial charge in [-0.3, -0.25) is 0 Å². The highest BCUT2D eigenvalue weighted by Crippen LogP contribution is 2.17. The minimum Gasteiger partial charge on any atom is -0.504 e. The smallest absolute Gasteiger partial charge is 0.174 e. The van der Waals surface area contributed by atoms with Crippen molar-refractivity contribution in [3.63, 3.8) is 0 Å². The van der Waals surface area contributed by atoms with E-state index in [2.05, 4.69) is 15.6 Å². The standard InChI is InChI=1S/C13H12ClN3OS/c14-10-5-3-9(4-6-10)8-16-13(19)17-12-11(18)2-1-7-15-12/h1-7,18H,8H2,(H2,15,16,17,19). The molecular formula is C13H12ClN3OS. The monoisotopic (exact) mass is 293 g/mol. The Morgan fingerprint density at radius 1 is 1.26 bits per heavy atom. The van der Waals surface area contributed by atoms with Crippen molar-refractivity contribution in [3.05, 3.63) is 53.2 Å². The highest BCUT2D eigenvalue weighted by molar-refractivity contribution is 7.80. The van der Waals surface area contributed by atoms with Gasteiger partial charge in [-0.25, -0.2) is 4.98 Å². The average Bonchev–Trinajstić information content (AvgIpc) is 2.41. The predicted molar refractivity (Wildman–Crippen MR) is 80.4 cm³/mol.